The van der Waals surface area contributed by atoms with Crippen LogP contribution in [0.2, 0.25) is 0 Å². The molecule has 5 heteroatoms. The lowest BCUT2D eigenvalue weighted by molar-refractivity contribution is 0.401. The Morgan fingerprint density at radius 1 is 0.727 bits per heavy atom. The zero-order valence-electron chi connectivity index (χ0n) is 18.3. The maximum absolute atomic E-state index is 13.5. The molecule has 0 bridgehead atoms. The number of hydrogen-bond acceptors (Lipinski definition) is 3. The molecule has 4 rings (SSSR count). The quantitative estimate of drug-likeness (QED) is 0.349. The third kappa shape index (κ3) is 5.20. The normalized spacial score (nSPS) is 11.3. The topological polar surface area (TPSA) is 61.2 Å². The van der Waals surface area contributed by atoms with Crippen LogP contribution in [0.3, 0.4) is 0 Å². The van der Waals surface area contributed by atoms with Crippen LogP contribution >= 0.6 is 0 Å². The molecule has 0 saturated heterocycles. The van der Waals surface area contributed by atoms with Crippen molar-refractivity contribution in [2.45, 2.75) is 24.9 Å². The lowest BCUT2D eigenvalue weighted by Crippen LogP contribution is -2.30. The zero-order valence-corrected chi connectivity index (χ0v) is 19.2. The van der Waals surface area contributed by atoms with Crippen LogP contribution < -0.4 is 0 Å². The number of aryl methyl sites for hydroxylation is 1. The van der Waals surface area contributed by atoms with Crippen LogP contribution in [0, 0.1) is 18.3 Å². The summed E-state index contributed by atoms with van der Waals surface area (Å²) in [5, 5.41) is 9.38. The van der Waals surface area contributed by atoms with Crippen molar-refractivity contribution in [1.82, 2.24) is 4.31 Å². The molecule has 4 aromatic rings. The van der Waals surface area contributed by atoms with Gasteiger partial charge in [0.1, 0.15) is 0 Å². The fourth-order valence-electron chi connectivity index (χ4n) is 3.70. The molecular formula is C28H24N2O2S. The highest BCUT2D eigenvalue weighted by Crippen LogP contribution is 2.26. The zero-order chi connectivity index (χ0) is 23.3. The van der Waals surface area contributed by atoms with E-state index in [1.165, 1.54) is 4.31 Å². The van der Waals surface area contributed by atoms with E-state index in [1.807, 2.05) is 91.9 Å². The molecule has 4 nitrogen and oxygen atoms in total. The summed E-state index contributed by atoms with van der Waals surface area (Å²) in [4.78, 5) is 0.281. The van der Waals surface area contributed by atoms with Gasteiger partial charge in [-0.2, -0.15) is 9.57 Å². The van der Waals surface area contributed by atoms with Crippen LogP contribution in [0.25, 0.3) is 11.1 Å². The van der Waals surface area contributed by atoms with Gasteiger partial charge in [0.25, 0.3) is 0 Å². The first kappa shape index (κ1) is 22.5. The second kappa shape index (κ2) is 9.83. The van der Waals surface area contributed by atoms with E-state index >= 15 is 0 Å². The van der Waals surface area contributed by atoms with Crippen molar-refractivity contribution < 1.29 is 8.42 Å². The molecule has 164 valence electrons. The van der Waals surface area contributed by atoms with Gasteiger partial charge >= 0.3 is 0 Å². The summed E-state index contributed by atoms with van der Waals surface area (Å²) in [5.41, 5.74) is 5.20. The third-order valence-corrected chi connectivity index (χ3v) is 7.34. The molecule has 0 heterocycles. The molecule has 0 spiro atoms. The summed E-state index contributed by atoms with van der Waals surface area (Å²) in [6.07, 6.45) is 0. The molecule has 0 radical (unpaired) electrons. The Morgan fingerprint density at radius 2 is 1.30 bits per heavy atom. The van der Waals surface area contributed by atoms with Crippen LogP contribution in [0.5, 0.6) is 0 Å². The molecule has 0 aliphatic carbocycles. The van der Waals surface area contributed by atoms with E-state index in [-0.39, 0.29) is 18.0 Å². The Kier molecular flexibility index (Phi) is 6.69. The summed E-state index contributed by atoms with van der Waals surface area (Å²) < 4.78 is 28.5. The van der Waals surface area contributed by atoms with Crippen molar-refractivity contribution in [2.24, 2.45) is 0 Å². The molecule has 0 fully saturated rings. The molecule has 4 aromatic carbocycles. The van der Waals surface area contributed by atoms with Crippen LogP contribution in [-0.2, 0) is 23.1 Å². The largest absolute Gasteiger partial charge is 0.243 e. The molecule has 0 amide bonds. The van der Waals surface area contributed by atoms with Crippen molar-refractivity contribution in [3.05, 3.63) is 125 Å². The van der Waals surface area contributed by atoms with Crippen molar-refractivity contribution in [1.29, 1.82) is 5.26 Å². The fourth-order valence-corrected chi connectivity index (χ4v) is 5.11. The highest BCUT2D eigenvalue weighted by molar-refractivity contribution is 7.89. The Morgan fingerprint density at radius 3 is 1.94 bits per heavy atom. The first-order valence-corrected chi connectivity index (χ1v) is 12.1. The van der Waals surface area contributed by atoms with E-state index in [9.17, 15) is 13.7 Å². The van der Waals surface area contributed by atoms with E-state index < -0.39 is 10.0 Å². The van der Waals surface area contributed by atoms with Crippen molar-refractivity contribution in [2.75, 3.05) is 0 Å². The van der Waals surface area contributed by atoms with Crippen LogP contribution in [0.15, 0.2) is 108 Å². The number of benzene rings is 4. The van der Waals surface area contributed by atoms with Gasteiger partial charge < -0.3 is 0 Å². The monoisotopic (exact) mass is 452 g/mol. The van der Waals surface area contributed by atoms with Crippen LogP contribution in [-0.4, -0.2) is 12.7 Å². The van der Waals surface area contributed by atoms with Gasteiger partial charge in [0.2, 0.25) is 10.0 Å². The van der Waals surface area contributed by atoms with E-state index in [1.54, 1.807) is 18.2 Å². The second-order valence-electron chi connectivity index (χ2n) is 7.93. The number of hydrogen-bond donors (Lipinski definition) is 0. The lowest BCUT2D eigenvalue weighted by Gasteiger charge is -2.23. The average molecular weight is 453 g/mol. The second-order valence-corrected chi connectivity index (χ2v) is 9.86. The number of nitriles is 1. The smallest absolute Gasteiger partial charge is 0.207 e. The number of sulfonamides is 1. The summed E-state index contributed by atoms with van der Waals surface area (Å²) >= 11 is 0. The standard InChI is InChI=1S/C28H24N2O2S/c1-22-11-17-27(18-12-22)33(31,32)30(20-23-7-3-2-4-8-23)21-24-13-15-25(16-14-24)28-10-6-5-9-26(28)19-29/h2-18H,20-21H2,1H3. The highest BCUT2D eigenvalue weighted by Gasteiger charge is 2.25. The van der Waals surface area contributed by atoms with Crippen LogP contribution in [0.1, 0.15) is 22.3 Å². The van der Waals surface area contributed by atoms with Gasteiger partial charge in [0.05, 0.1) is 16.5 Å². The van der Waals surface area contributed by atoms with Gasteiger partial charge in [0, 0.05) is 13.1 Å². The third-order valence-electron chi connectivity index (χ3n) is 5.53. The predicted molar refractivity (Wildman–Crippen MR) is 131 cm³/mol. The number of rotatable bonds is 7. The fraction of sp³-hybridized carbons (Fsp3) is 0.107. The average Bonchev–Trinajstić information content (AvgIpc) is 2.85. The molecule has 0 aliphatic heterocycles. The summed E-state index contributed by atoms with van der Waals surface area (Å²) in [6, 6.07) is 33.9. The minimum atomic E-state index is -3.70. The Bertz CT molecular complexity index is 1370. The highest BCUT2D eigenvalue weighted by atomic mass is 32.2. The molecular weight excluding hydrogens is 428 g/mol. The van der Waals surface area contributed by atoms with Crippen molar-refractivity contribution in [3.63, 3.8) is 0 Å². The molecule has 0 unspecified atom stereocenters. The summed E-state index contributed by atoms with van der Waals surface area (Å²) in [5.74, 6) is 0. The van der Waals surface area contributed by atoms with Gasteiger partial charge in [-0.15, -0.1) is 0 Å². The van der Waals surface area contributed by atoms with E-state index in [2.05, 4.69) is 6.07 Å². The SMILES string of the molecule is Cc1ccc(S(=O)(=O)N(Cc2ccccc2)Cc2ccc(-c3ccccc3C#N)cc2)cc1. The minimum absolute atomic E-state index is 0.241. The Labute approximate surface area is 195 Å². The molecule has 0 saturated carbocycles. The molecule has 0 aliphatic rings. The maximum atomic E-state index is 13.5. The van der Waals surface area contributed by atoms with E-state index in [0.29, 0.717) is 5.56 Å². The Balaban J connectivity index is 1.65. The van der Waals surface area contributed by atoms with Crippen molar-refractivity contribution >= 4 is 10.0 Å². The predicted octanol–water partition coefficient (Wildman–Crippen LogP) is 5.92. The lowest BCUT2D eigenvalue weighted by atomic mass is 9.99. The van der Waals surface area contributed by atoms with Gasteiger partial charge in [-0.3, -0.25) is 0 Å². The molecule has 0 aromatic heterocycles. The first-order valence-electron chi connectivity index (χ1n) is 10.7. The molecule has 0 N–H and O–H groups in total. The summed E-state index contributed by atoms with van der Waals surface area (Å²) in [7, 11) is -3.70. The Hall–Kier alpha value is -3.72. The maximum Gasteiger partial charge on any atom is 0.243 e. The van der Waals surface area contributed by atoms with Crippen molar-refractivity contribution in [3.8, 4) is 17.2 Å². The molecule has 33 heavy (non-hydrogen) atoms. The number of nitrogens with zero attached hydrogens (tertiary/aromatic N) is 2. The van der Waals surface area contributed by atoms with Gasteiger partial charge in [-0.25, -0.2) is 8.42 Å². The van der Waals surface area contributed by atoms with Crippen LogP contribution in [0.4, 0.5) is 0 Å². The summed E-state index contributed by atoms with van der Waals surface area (Å²) in [6.45, 7) is 2.45. The first-order chi connectivity index (χ1) is 16.0. The van der Waals surface area contributed by atoms with E-state index in [4.69, 9.17) is 0 Å². The van der Waals surface area contributed by atoms with Gasteiger partial charge in [-0.1, -0.05) is 90.5 Å². The molecule has 0 atom stereocenters. The van der Waals surface area contributed by atoms with E-state index in [0.717, 1.165) is 27.8 Å². The minimum Gasteiger partial charge on any atom is -0.207 e. The van der Waals surface area contributed by atoms with Gasteiger partial charge in [-0.05, 0) is 47.4 Å². The van der Waals surface area contributed by atoms with Gasteiger partial charge in [0.15, 0.2) is 0 Å².